The number of fused-ring (bicyclic) bond motifs is 1. The fourth-order valence-corrected chi connectivity index (χ4v) is 2.18. The molecule has 0 N–H and O–H groups in total. The average molecular weight is 259 g/mol. The first-order valence-electron chi connectivity index (χ1n) is 6.52. The van der Waals surface area contributed by atoms with Crippen molar-refractivity contribution in [2.24, 2.45) is 12.5 Å². The first-order valence-corrected chi connectivity index (χ1v) is 6.52. The van der Waals surface area contributed by atoms with Gasteiger partial charge in [0.25, 0.3) is 0 Å². The minimum absolute atomic E-state index is 0.00458. The van der Waals surface area contributed by atoms with Gasteiger partial charge in [0.15, 0.2) is 5.65 Å². The second-order valence-corrected chi connectivity index (χ2v) is 6.07. The van der Waals surface area contributed by atoms with Gasteiger partial charge >= 0.3 is 5.69 Å². The van der Waals surface area contributed by atoms with Crippen LogP contribution in [0.4, 0.5) is 0 Å². The third-order valence-corrected chi connectivity index (χ3v) is 2.97. The Labute approximate surface area is 113 Å². The molecule has 0 aliphatic rings. The number of allylic oxidation sites excluding steroid dienone is 1. The van der Waals surface area contributed by atoms with E-state index < -0.39 is 0 Å². The molecule has 4 nitrogen and oxygen atoms in total. The molecule has 0 unspecified atom stereocenters. The van der Waals surface area contributed by atoms with Crippen molar-refractivity contribution in [1.29, 1.82) is 0 Å². The summed E-state index contributed by atoms with van der Waals surface area (Å²) in [6.45, 7) is 9.02. The number of aromatic nitrogens is 3. The molecule has 2 rings (SSSR count). The predicted molar refractivity (Wildman–Crippen MR) is 79.1 cm³/mol. The summed E-state index contributed by atoms with van der Waals surface area (Å²) in [6.07, 6.45) is 3.88. The highest BCUT2D eigenvalue weighted by atomic mass is 16.1. The van der Waals surface area contributed by atoms with Crippen LogP contribution in [0.2, 0.25) is 0 Å². The summed E-state index contributed by atoms with van der Waals surface area (Å²) in [7, 11) is 1.77. The van der Waals surface area contributed by atoms with E-state index in [9.17, 15) is 4.79 Å². The highest BCUT2D eigenvalue weighted by Crippen LogP contribution is 2.19. The van der Waals surface area contributed by atoms with Gasteiger partial charge in [-0.15, -0.1) is 0 Å². The summed E-state index contributed by atoms with van der Waals surface area (Å²) in [5, 5.41) is 0. The molecule has 0 amide bonds. The summed E-state index contributed by atoms with van der Waals surface area (Å²) in [5.41, 5.74) is 2.56. The van der Waals surface area contributed by atoms with Crippen LogP contribution in [-0.2, 0) is 13.6 Å². The molecule has 102 valence electrons. The Kier molecular flexibility index (Phi) is 3.35. The largest absolute Gasteiger partial charge is 0.330 e. The van der Waals surface area contributed by atoms with E-state index in [4.69, 9.17) is 0 Å². The first-order chi connectivity index (χ1) is 8.83. The number of hydrogen-bond acceptors (Lipinski definition) is 2. The van der Waals surface area contributed by atoms with Gasteiger partial charge in [-0.05, 0) is 30.5 Å². The standard InChI is InChI=1S/C15H21N3O/c1-6-7-11-8-9-12-13(16-11)17(5)14(19)18(12)10-15(2,3)4/h6-9H,10H2,1-5H3. The molecule has 0 saturated carbocycles. The topological polar surface area (TPSA) is 39.8 Å². The van der Waals surface area contributed by atoms with Crippen molar-refractivity contribution in [2.45, 2.75) is 34.2 Å². The van der Waals surface area contributed by atoms with Crippen molar-refractivity contribution >= 4 is 17.2 Å². The molecular weight excluding hydrogens is 238 g/mol. The SMILES string of the molecule is CC=Cc1ccc2c(n1)n(C)c(=O)n2CC(C)(C)C. The Morgan fingerprint density at radius 1 is 1.32 bits per heavy atom. The quantitative estimate of drug-likeness (QED) is 0.832. The number of rotatable bonds is 2. The zero-order chi connectivity index (χ0) is 14.2. The lowest BCUT2D eigenvalue weighted by Gasteiger charge is -2.18. The van der Waals surface area contributed by atoms with Crippen LogP contribution in [0, 0.1) is 5.41 Å². The zero-order valence-electron chi connectivity index (χ0n) is 12.3. The molecule has 0 radical (unpaired) electrons. The third kappa shape index (κ3) is 2.62. The van der Waals surface area contributed by atoms with Crippen LogP contribution < -0.4 is 5.69 Å². The molecule has 2 heterocycles. The fourth-order valence-electron chi connectivity index (χ4n) is 2.18. The predicted octanol–water partition coefficient (Wildman–Crippen LogP) is 2.81. The number of pyridine rings is 1. The Hall–Kier alpha value is -1.84. The first kappa shape index (κ1) is 13.6. The monoisotopic (exact) mass is 259 g/mol. The molecule has 2 aromatic heterocycles. The van der Waals surface area contributed by atoms with Crippen LogP contribution in [0.15, 0.2) is 23.0 Å². The van der Waals surface area contributed by atoms with Gasteiger partial charge < -0.3 is 0 Å². The van der Waals surface area contributed by atoms with E-state index in [0.29, 0.717) is 6.54 Å². The lowest BCUT2D eigenvalue weighted by Crippen LogP contribution is -2.27. The van der Waals surface area contributed by atoms with Crippen molar-refractivity contribution in [3.63, 3.8) is 0 Å². The molecule has 0 aliphatic heterocycles. The number of nitrogens with zero attached hydrogens (tertiary/aromatic N) is 3. The van der Waals surface area contributed by atoms with E-state index in [1.54, 1.807) is 11.6 Å². The molecule has 0 spiro atoms. The molecule has 0 bridgehead atoms. The summed E-state index contributed by atoms with van der Waals surface area (Å²) in [6, 6.07) is 3.92. The molecule has 0 aliphatic carbocycles. The average Bonchev–Trinajstić information content (AvgIpc) is 2.53. The van der Waals surface area contributed by atoms with Gasteiger partial charge in [-0.2, -0.15) is 0 Å². The van der Waals surface area contributed by atoms with Crippen LogP contribution in [-0.4, -0.2) is 14.1 Å². The number of aryl methyl sites for hydroxylation is 1. The highest BCUT2D eigenvalue weighted by molar-refractivity contribution is 5.73. The summed E-state index contributed by atoms with van der Waals surface area (Å²) < 4.78 is 3.43. The Morgan fingerprint density at radius 2 is 2.00 bits per heavy atom. The van der Waals surface area contributed by atoms with Crippen molar-refractivity contribution in [3.8, 4) is 0 Å². The van der Waals surface area contributed by atoms with Gasteiger partial charge in [-0.25, -0.2) is 9.78 Å². The summed E-state index contributed by atoms with van der Waals surface area (Å²) in [5.74, 6) is 0. The minimum atomic E-state index is -0.00458. The van der Waals surface area contributed by atoms with Crippen molar-refractivity contribution in [2.75, 3.05) is 0 Å². The van der Waals surface area contributed by atoms with E-state index >= 15 is 0 Å². The Bertz CT molecular complexity index is 684. The van der Waals surface area contributed by atoms with Crippen LogP contribution in [0.1, 0.15) is 33.4 Å². The lowest BCUT2D eigenvalue weighted by atomic mass is 9.97. The summed E-state index contributed by atoms with van der Waals surface area (Å²) >= 11 is 0. The molecule has 2 aromatic rings. The van der Waals surface area contributed by atoms with Gasteiger partial charge in [0, 0.05) is 13.6 Å². The number of imidazole rings is 1. The van der Waals surface area contributed by atoms with Crippen molar-refractivity contribution in [1.82, 2.24) is 14.1 Å². The molecule has 0 atom stereocenters. The van der Waals surface area contributed by atoms with E-state index in [1.807, 2.05) is 35.8 Å². The van der Waals surface area contributed by atoms with Crippen LogP contribution in [0.3, 0.4) is 0 Å². The van der Waals surface area contributed by atoms with Gasteiger partial charge in [-0.1, -0.05) is 26.8 Å². The maximum atomic E-state index is 12.3. The molecule has 0 fully saturated rings. The second kappa shape index (κ2) is 4.68. The summed E-state index contributed by atoms with van der Waals surface area (Å²) in [4.78, 5) is 16.8. The fraction of sp³-hybridized carbons (Fsp3) is 0.467. The molecular formula is C15H21N3O. The van der Waals surface area contributed by atoms with Gasteiger partial charge in [0.2, 0.25) is 0 Å². The van der Waals surface area contributed by atoms with Gasteiger partial charge in [0.05, 0.1) is 11.2 Å². The van der Waals surface area contributed by atoms with Crippen molar-refractivity contribution in [3.05, 3.63) is 34.4 Å². The normalized spacial score (nSPS) is 12.7. The van der Waals surface area contributed by atoms with Gasteiger partial charge in [0.1, 0.15) is 0 Å². The maximum Gasteiger partial charge on any atom is 0.330 e. The molecule has 4 heteroatoms. The number of hydrogen-bond donors (Lipinski definition) is 0. The Morgan fingerprint density at radius 3 is 2.58 bits per heavy atom. The lowest BCUT2D eigenvalue weighted by molar-refractivity contribution is 0.342. The van der Waals surface area contributed by atoms with Crippen LogP contribution >= 0.6 is 0 Å². The molecule has 0 saturated heterocycles. The Balaban J connectivity index is 2.67. The van der Waals surface area contributed by atoms with E-state index in [-0.39, 0.29) is 11.1 Å². The van der Waals surface area contributed by atoms with E-state index in [1.165, 1.54) is 0 Å². The second-order valence-electron chi connectivity index (χ2n) is 6.07. The minimum Gasteiger partial charge on any atom is -0.290 e. The van der Waals surface area contributed by atoms with Gasteiger partial charge in [-0.3, -0.25) is 9.13 Å². The smallest absolute Gasteiger partial charge is 0.290 e. The van der Waals surface area contributed by atoms with Crippen LogP contribution in [0.5, 0.6) is 0 Å². The van der Waals surface area contributed by atoms with E-state index in [0.717, 1.165) is 16.9 Å². The van der Waals surface area contributed by atoms with Crippen molar-refractivity contribution < 1.29 is 0 Å². The highest BCUT2D eigenvalue weighted by Gasteiger charge is 2.18. The maximum absolute atomic E-state index is 12.3. The zero-order valence-corrected chi connectivity index (χ0v) is 12.3. The molecule has 19 heavy (non-hydrogen) atoms. The van der Waals surface area contributed by atoms with Crippen LogP contribution in [0.25, 0.3) is 17.2 Å². The molecule has 0 aromatic carbocycles. The van der Waals surface area contributed by atoms with E-state index in [2.05, 4.69) is 25.8 Å². The third-order valence-electron chi connectivity index (χ3n) is 2.97.